The minimum absolute atomic E-state index is 0.601. The van der Waals surface area contributed by atoms with Crippen molar-refractivity contribution < 1.29 is 5.11 Å². The van der Waals surface area contributed by atoms with E-state index in [4.69, 9.17) is 0 Å². The predicted octanol–water partition coefficient (Wildman–Crippen LogP) is 1.39. The van der Waals surface area contributed by atoms with E-state index in [1.54, 1.807) is 11.3 Å². The van der Waals surface area contributed by atoms with E-state index in [0.29, 0.717) is 6.54 Å². The van der Waals surface area contributed by atoms with Gasteiger partial charge in [-0.15, -0.1) is 11.3 Å². The molecular formula is C9H16N2OS. The number of hydrogen-bond donors (Lipinski definition) is 2. The van der Waals surface area contributed by atoms with Gasteiger partial charge in [0.2, 0.25) is 0 Å². The molecule has 0 saturated carbocycles. The second kappa shape index (κ2) is 4.69. The molecule has 4 heteroatoms. The van der Waals surface area contributed by atoms with Crippen molar-refractivity contribution in [2.75, 3.05) is 6.54 Å². The van der Waals surface area contributed by atoms with E-state index in [2.05, 4.69) is 10.3 Å². The smallest absolute Gasteiger partial charge is 0.0795 e. The highest BCUT2D eigenvalue weighted by molar-refractivity contribution is 7.07. The molecule has 1 unspecified atom stereocenters. The van der Waals surface area contributed by atoms with Crippen LogP contribution < -0.4 is 5.32 Å². The summed E-state index contributed by atoms with van der Waals surface area (Å²) in [6.45, 7) is 5.16. The molecule has 0 radical (unpaired) electrons. The standard InChI is InChI=1S/C9H16N2OS/c1-3-9(2,12)6-10-4-8-5-13-7-11-8/h5,7,10,12H,3-4,6H2,1-2H3. The van der Waals surface area contributed by atoms with Gasteiger partial charge < -0.3 is 10.4 Å². The molecule has 13 heavy (non-hydrogen) atoms. The lowest BCUT2D eigenvalue weighted by atomic mass is 10.0. The Morgan fingerprint density at radius 3 is 3.00 bits per heavy atom. The Balaban J connectivity index is 2.21. The second-order valence-corrected chi connectivity index (χ2v) is 4.15. The number of thiazole rings is 1. The molecule has 0 aliphatic heterocycles. The van der Waals surface area contributed by atoms with Gasteiger partial charge in [0, 0.05) is 18.5 Å². The van der Waals surface area contributed by atoms with Crippen LogP contribution in [0.5, 0.6) is 0 Å². The lowest BCUT2D eigenvalue weighted by molar-refractivity contribution is 0.0555. The van der Waals surface area contributed by atoms with Gasteiger partial charge in [0.15, 0.2) is 0 Å². The van der Waals surface area contributed by atoms with Gasteiger partial charge in [-0.2, -0.15) is 0 Å². The first-order valence-corrected chi connectivity index (χ1v) is 5.38. The van der Waals surface area contributed by atoms with Crippen molar-refractivity contribution in [1.29, 1.82) is 0 Å². The van der Waals surface area contributed by atoms with Crippen molar-refractivity contribution in [2.45, 2.75) is 32.4 Å². The summed E-state index contributed by atoms with van der Waals surface area (Å²) in [5, 5.41) is 14.9. The molecule has 0 aromatic carbocycles. The van der Waals surface area contributed by atoms with E-state index in [1.807, 2.05) is 24.7 Å². The van der Waals surface area contributed by atoms with Crippen molar-refractivity contribution in [3.05, 3.63) is 16.6 Å². The van der Waals surface area contributed by atoms with Crippen LogP contribution in [0.4, 0.5) is 0 Å². The summed E-state index contributed by atoms with van der Waals surface area (Å²) in [5.41, 5.74) is 2.25. The van der Waals surface area contributed by atoms with E-state index in [1.165, 1.54) is 0 Å². The lowest BCUT2D eigenvalue weighted by Gasteiger charge is -2.21. The fourth-order valence-electron chi connectivity index (χ4n) is 0.910. The molecule has 0 amide bonds. The highest BCUT2D eigenvalue weighted by atomic mass is 32.1. The maximum Gasteiger partial charge on any atom is 0.0795 e. The molecule has 0 saturated heterocycles. The predicted molar refractivity (Wildman–Crippen MR) is 54.7 cm³/mol. The van der Waals surface area contributed by atoms with Gasteiger partial charge in [-0.3, -0.25) is 0 Å². The van der Waals surface area contributed by atoms with Gasteiger partial charge in [-0.25, -0.2) is 4.98 Å². The lowest BCUT2D eigenvalue weighted by Crippen LogP contribution is -2.36. The summed E-state index contributed by atoms with van der Waals surface area (Å²) < 4.78 is 0. The molecule has 1 atom stereocenters. The SMILES string of the molecule is CCC(C)(O)CNCc1cscn1. The summed E-state index contributed by atoms with van der Waals surface area (Å²) >= 11 is 1.59. The number of rotatable bonds is 5. The first kappa shape index (κ1) is 10.6. The fraction of sp³-hybridized carbons (Fsp3) is 0.667. The first-order chi connectivity index (χ1) is 6.14. The number of hydrogen-bond acceptors (Lipinski definition) is 4. The summed E-state index contributed by atoms with van der Waals surface area (Å²) in [5.74, 6) is 0. The highest BCUT2D eigenvalue weighted by Crippen LogP contribution is 2.06. The van der Waals surface area contributed by atoms with Crippen molar-refractivity contribution in [3.8, 4) is 0 Å². The molecule has 0 aliphatic carbocycles. The normalized spacial score (nSPS) is 15.6. The summed E-state index contributed by atoms with van der Waals surface area (Å²) in [6, 6.07) is 0. The van der Waals surface area contributed by atoms with Crippen LogP contribution in [0.1, 0.15) is 26.0 Å². The molecule has 0 fully saturated rings. The Bertz CT molecular complexity index is 234. The first-order valence-electron chi connectivity index (χ1n) is 4.44. The zero-order valence-electron chi connectivity index (χ0n) is 8.08. The average Bonchev–Trinajstić information content (AvgIpc) is 2.57. The molecular weight excluding hydrogens is 184 g/mol. The zero-order chi connectivity index (χ0) is 9.73. The van der Waals surface area contributed by atoms with Gasteiger partial charge in [-0.1, -0.05) is 6.92 Å². The molecule has 1 rings (SSSR count). The molecule has 1 aromatic heterocycles. The van der Waals surface area contributed by atoms with Crippen LogP contribution in [-0.2, 0) is 6.54 Å². The molecule has 0 spiro atoms. The topological polar surface area (TPSA) is 45.1 Å². The summed E-state index contributed by atoms with van der Waals surface area (Å²) in [7, 11) is 0. The third-order valence-corrected chi connectivity index (χ3v) is 2.69. The van der Waals surface area contributed by atoms with Crippen LogP contribution in [0.2, 0.25) is 0 Å². The minimum atomic E-state index is -0.601. The van der Waals surface area contributed by atoms with Gasteiger partial charge in [0.05, 0.1) is 16.8 Å². The number of aliphatic hydroxyl groups is 1. The average molecular weight is 200 g/mol. The summed E-state index contributed by atoms with van der Waals surface area (Å²) in [4.78, 5) is 4.14. The molecule has 3 nitrogen and oxygen atoms in total. The van der Waals surface area contributed by atoms with E-state index >= 15 is 0 Å². The Morgan fingerprint density at radius 1 is 1.69 bits per heavy atom. The molecule has 2 N–H and O–H groups in total. The summed E-state index contributed by atoms with van der Waals surface area (Å²) in [6.07, 6.45) is 0.761. The molecule has 1 heterocycles. The second-order valence-electron chi connectivity index (χ2n) is 3.43. The van der Waals surface area contributed by atoms with Gasteiger partial charge in [0.1, 0.15) is 0 Å². The zero-order valence-corrected chi connectivity index (χ0v) is 8.90. The fourth-order valence-corrected chi connectivity index (χ4v) is 1.47. The molecule has 1 aromatic rings. The van der Waals surface area contributed by atoms with Crippen LogP contribution in [0.15, 0.2) is 10.9 Å². The van der Waals surface area contributed by atoms with Gasteiger partial charge in [0.25, 0.3) is 0 Å². The van der Waals surface area contributed by atoms with Crippen molar-refractivity contribution >= 4 is 11.3 Å². The highest BCUT2D eigenvalue weighted by Gasteiger charge is 2.16. The van der Waals surface area contributed by atoms with E-state index in [-0.39, 0.29) is 0 Å². The van der Waals surface area contributed by atoms with Crippen LogP contribution in [0.25, 0.3) is 0 Å². The third-order valence-electron chi connectivity index (χ3n) is 2.06. The molecule has 74 valence electrons. The van der Waals surface area contributed by atoms with Crippen molar-refractivity contribution in [2.24, 2.45) is 0 Å². The molecule has 0 bridgehead atoms. The van der Waals surface area contributed by atoms with Crippen molar-refractivity contribution in [1.82, 2.24) is 10.3 Å². The number of aromatic nitrogens is 1. The van der Waals surface area contributed by atoms with Crippen LogP contribution in [0, 0.1) is 0 Å². The minimum Gasteiger partial charge on any atom is -0.389 e. The van der Waals surface area contributed by atoms with Gasteiger partial charge in [-0.05, 0) is 13.3 Å². The van der Waals surface area contributed by atoms with E-state index in [9.17, 15) is 5.11 Å². The quantitative estimate of drug-likeness (QED) is 0.755. The van der Waals surface area contributed by atoms with Crippen molar-refractivity contribution in [3.63, 3.8) is 0 Å². The Hall–Kier alpha value is -0.450. The van der Waals surface area contributed by atoms with Crippen LogP contribution in [0.3, 0.4) is 0 Å². The Morgan fingerprint density at radius 2 is 2.46 bits per heavy atom. The largest absolute Gasteiger partial charge is 0.389 e. The van der Waals surface area contributed by atoms with Gasteiger partial charge >= 0.3 is 0 Å². The van der Waals surface area contributed by atoms with E-state index in [0.717, 1.165) is 18.7 Å². The third kappa shape index (κ3) is 3.85. The maximum atomic E-state index is 9.67. The van der Waals surface area contributed by atoms with Crippen LogP contribution >= 0.6 is 11.3 Å². The maximum absolute atomic E-state index is 9.67. The van der Waals surface area contributed by atoms with E-state index < -0.39 is 5.60 Å². The van der Waals surface area contributed by atoms with Crippen LogP contribution in [-0.4, -0.2) is 22.2 Å². The Labute approximate surface area is 82.8 Å². The molecule has 0 aliphatic rings. The number of nitrogens with one attached hydrogen (secondary N) is 1. The number of nitrogens with zero attached hydrogens (tertiary/aromatic N) is 1. The Kier molecular flexibility index (Phi) is 3.84. The monoisotopic (exact) mass is 200 g/mol.